The minimum Gasteiger partial charge on any atom is -0.424 e. The van der Waals surface area contributed by atoms with E-state index in [2.05, 4.69) is 30.7 Å². The predicted octanol–water partition coefficient (Wildman–Crippen LogP) is 3.38. The van der Waals surface area contributed by atoms with Crippen molar-refractivity contribution in [2.75, 3.05) is 0 Å². The second-order valence-electron chi connectivity index (χ2n) is 5.29. The number of rotatable bonds is 3. The van der Waals surface area contributed by atoms with Crippen molar-refractivity contribution < 1.29 is 9.53 Å². The van der Waals surface area contributed by atoms with Gasteiger partial charge in [-0.05, 0) is 23.1 Å². The first-order chi connectivity index (χ1) is 8.99. The standard InChI is InChI=1S/C15H16N2O2/c1-15(2,3)12-4-6-13(7-5-12)19-14-16-8-11(10-18)9-17-14/h4-10H,1-3H3. The molecule has 0 saturated carbocycles. The van der Waals surface area contributed by atoms with Crippen LogP contribution in [0.15, 0.2) is 36.7 Å². The van der Waals surface area contributed by atoms with Crippen molar-refractivity contribution in [1.29, 1.82) is 0 Å². The zero-order valence-corrected chi connectivity index (χ0v) is 11.3. The Kier molecular flexibility index (Phi) is 3.60. The summed E-state index contributed by atoms with van der Waals surface area (Å²) in [7, 11) is 0. The highest BCUT2D eigenvalue weighted by molar-refractivity contribution is 5.73. The van der Waals surface area contributed by atoms with E-state index in [4.69, 9.17) is 4.74 Å². The summed E-state index contributed by atoms with van der Waals surface area (Å²) in [5, 5.41) is 0. The molecule has 19 heavy (non-hydrogen) atoms. The maximum Gasteiger partial charge on any atom is 0.321 e. The minimum absolute atomic E-state index is 0.112. The fourth-order valence-corrected chi connectivity index (χ4v) is 1.57. The summed E-state index contributed by atoms with van der Waals surface area (Å²) in [5.74, 6) is 0.673. The summed E-state index contributed by atoms with van der Waals surface area (Å²) in [6, 6.07) is 8.05. The Labute approximate surface area is 112 Å². The van der Waals surface area contributed by atoms with Gasteiger partial charge in [0.25, 0.3) is 0 Å². The molecule has 0 radical (unpaired) electrons. The Morgan fingerprint density at radius 1 is 1.05 bits per heavy atom. The lowest BCUT2D eigenvalue weighted by Gasteiger charge is -2.18. The molecule has 1 aromatic carbocycles. The molecule has 0 aliphatic heterocycles. The van der Waals surface area contributed by atoms with Crippen molar-refractivity contribution in [2.24, 2.45) is 0 Å². The van der Waals surface area contributed by atoms with E-state index >= 15 is 0 Å². The van der Waals surface area contributed by atoms with Crippen molar-refractivity contribution in [2.45, 2.75) is 26.2 Å². The number of ether oxygens (including phenoxy) is 1. The first-order valence-corrected chi connectivity index (χ1v) is 6.04. The molecule has 0 amide bonds. The lowest BCUT2D eigenvalue weighted by molar-refractivity contribution is 0.112. The van der Waals surface area contributed by atoms with E-state index in [1.165, 1.54) is 18.0 Å². The fraction of sp³-hybridized carbons (Fsp3) is 0.267. The van der Waals surface area contributed by atoms with Gasteiger partial charge in [-0.15, -0.1) is 0 Å². The number of aromatic nitrogens is 2. The van der Waals surface area contributed by atoms with Crippen LogP contribution < -0.4 is 4.74 Å². The number of hydrogen-bond acceptors (Lipinski definition) is 4. The van der Waals surface area contributed by atoms with Crippen LogP contribution in [-0.2, 0) is 5.41 Å². The van der Waals surface area contributed by atoms with Gasteiger partial charge < -0.3 is 4.74 Å². The molecule has 0 N–H and O–H groups in total. The summed E-state index contributed by atoms with van der Waals surface area (Å²) < 4.78 is 5.51. The first-order valence-electron chi connectivity index (χ1n) is 6.04. The molecule has 0 atom stereocenters. The molecule has 4 nitrogen and oxygen atoms in total. The second kappa shape index (κ2) is 5.18. The molecule has 0 saturated heterocycles. The molecule has 98 valence electrons. The fourth-order valence-electron chi connectivity index (χ4n) is 1.57. The van der Waals surface area contributed by atoms with Crippen molar-refractivity contribution in [3.8, 4) is 11.8 Å². The minimum atomic E-state index is 0.112. The Hall–Kier alpha value is -2.23. The zero-order chi connectivity index (χ0) is 13.9. The van der Waals surface area contributed by atoms with E-state index in [1.54, 1.807) is 0 Å². The molecule has 2 aromatic rings. The summed E-state index contributed by atoms with van der Waals surface area (Å²) in [5.41, 5.74) is 1.77. The van der Waals surface area contributed by atoms with Gasteiger partial charge in [-0.1, -0.05) is 32.9 Å². The van der Waals surface area contributed by atoms with Crippen LogP contribution in [0.25, 0.3) is 0 Å². The van der Waals surface area contributed by atoms with Crippen LogP contribution in [0.3, 0.4) is 0 Å². The van der Waals surface area contributed by atoms with Gasteiger partial charge in [0.05, 0.1) is 5.56 Å². The number of benzene rings is 1. The molecule has 0 bridgehead atoms. The lowest BCUT2D eigenvalue weighted by atomic mass is 9.87. The Morgan fingerprint density at radius 3 is 2.11 bits per heavy atom. The number of hydrogen-bond donors (Lipinski definition) is 0. The van der Waals surface area contributed by atoms with Gasteiger partial charge in [0.15, 0.2) is 6.29 Å². The first kappa shape index (κ1) is 13.2. The largest absolute Gasteiger partial charge is 0.424 e. The van der Waals surface area contributed by atoms with Crippen molar-refractivity contribution in [3.05, 3.63) is 47.8 Å². The molecular weight excluding hydrogens is 240 g/mol. The Balaban J connectivity index is 2.12. The van der Waals surface area contributed by atoms with E-state index in [9.17, 15) is 4.79 Å². The van der Waals surface area contributed by atoms with Gasteiger partial charge in [0.1, 0.15) is 5.75 Å². The van der Waals surface area contributed by atoms with E-state index in [1.807, 2.05) is 24.3 Å². The highest BCUT2D eigenvalue weighted by Gasteiger charge is 2.13. The third kappa shape index (κ3) is 3.37. The lowest BCUT2D eigenvalue weighted by Crippen LogP contribution is -2.10. The van der Waals surface area contributed by atoms with Crippen LogP contribution in [0.4, 0.5) is 0 Å². The van der Waals surface area contributed by atoms with Crippen LogP contribution >= 0.6 is 0 Å². The van der Waals surface area contributed by atoms with Crippen LogP contribution in [-0.4, -0.2) is 16.3 Å². The molecule has 0 spiro atoms. The van der Waals surface area contributed by atoms with E-state index in [0.717, 1.165) is 0 Å². The molecule has 2 rings (SSSR count). The third-order valence-corrected chi connectivity index (χ3v) is 2.71. The zero-order valence-electron chi connectivity index (χ0n) is 11.3. The topological polar surface area (TPSA) is 52.1 Å². The molecule has 0 unspecified atom stereocenters. The second-order valence-corrected chi connectivity index (χ2v) is 5.29. The third-order valence-electron chi connectivity index (χ3n) is 2.71. The average Bonchev–Trinajstić information content (AvgIpc) is 2.39. The molecule has 1 heterocycles. The summed E-state index contributed by atoms with van der Waals surface area (Å²) in [6.45, 7) is 6.47. The molecule has 0 aliphatic rings. The maximum absolute atomic E-state index is 10.5. The van der Waals surface area contributed by atoms with Crippen LogP contribution in [0.2, 0.25) is 0 Å². The van der Waals surface area contributed by atoms with Crippen molar-refractivity contribution in [1.82, 2.24) is 9.97 Å². The monoisotopic (exact) mass is 256 g/mol. The molecular formula is C15H16N2O2. The van der Waals surface area contributed by atoms with Gasteiger partial charge in [-0.25, -0.2) is 9.97 Å². The predicted molar refractivity (Wildman–Crippen MR) is 72.6 cm³/mol. The van der Waals surface area contributed by atoms with Crippen molar-refractivity contribution >= 4 is 6.29 Å². The van der Waals surface area contributed by atoms with E-state index in [0.29, 0.717) is 17.6 Å². The smallest absolute Gasteiger partial charge is 0.321 e. The highest BCUT2D eigenvalue weighted by atomic mass is 16.5. The molecule has 1 aromatic heterocycles. The Morgan fingerprint density at radius 2 is 1.63 bits per heavy atom. The number of carbonyl (C=O) groups is 1. The van der Waals surface area contributed by atoms with E-state index in [-0.39, 0.29) is 11.4 Å². The normalized spacial score (nSPS) is 11.1. The van der Waals surface area contributed by atoms with Gasteiger partial charge in [0, 0.05) is 12.4 Å². The number of carbonyl (C=O) groups excluding carboxylic acids is 1. The van der Waals surface area contributed by atoms with Gasteiger partial charge in [-0.2, -0.15) is 0 Å². The summed E-state index contributed by atoms with van der Waals surface area (Å²) >= 11 is 0. The SMILES string of the molecule is CC(C)(C)c1ccc(Oc2ncc(C=O)cn2)cc1. The maximum atomic E-state index is 10.5. The summed E-state index contributed by atoms with van der Waals surface area (Å²) in [6.07, 6.45) is 3.56. The average molecular weight is 256 g/mol. The van der Waals surface area contributed by atoms with Crippen LogP contribution in [0, 0.1) is 0 Å². The molecule has 4 heteroatoms. The van der Waals surface area contributed by atoms with E-state index < -0.39 is 0 Å². The molecule has 0 fully saturated rings. The van der Waals surface area contributed by atoms with Gasteiger partial charge >= 0.3 is 6.01 Å². The van der Waals surface area contributed by atoms with Gasteiger partial charge in [-0.3, -0.25) is 4.79 Å². The number of aldehydes is 1. The van der Waals surface area contributed by atoms with Crippen molar-refractivity contribution in [3.63, 3.8) is 0 Å². The number of nitrogens with zero attached hydrogens (tertiary/aromatic N) is 2. The van der Waals surface area contributed by atoms with Crippen LogP contribution in [0.1, 0.15) is 36.7 Å². The molecule has 0 aliphatic carbocycles. The highest BCUT2D eigenvalue weighted by Crippen LogP contribution is 2.25. The van der Waals surface area contributed by atoms with Crippen LogP contribution in [0.5, 0.6) is 11.8 Å². The quantitative estimate of drug-likeness (QED) is 0.790. The summed E-state index contributed by atoms with van der Waals surface area (Å²) in [4.78, 5) is 18.4. The van der Waals surface area contributed by atoms with Gasteiger partial charge in [0.2, 0.25) is 0 Å². The Bertz CT molecular complexity index is 554.